The first-order valence-electron chi connectivity index (χ1n) is 13.1. The van der Waals surface area contributed by atoms with Gasteiger partial charge in [0.2, 0.25) is 0 Å². The van der Waals surface area contributed by atoms with Crippen LogP contribution in [0.3, 0.4) is 0 Å². The van der Waals surface area contributed by atoms with Crippen molar-refractivity contribution >= 4 is 34.5 Å². The minimum atomic E-state index is -0.438. The van der Waals surface area contributed by atoms with Crippen molar-refractivity contribution in [3.8, 4) is 28.3 Å². The highest BCUT2D eigenvalue weighted by Gasteiger charge is 2.20. The molecule has 10 nitrogen and oxygen atoms in total. The molecule has 6 rings (SSSR count). The Hall–Kier alpha value is -5.90. The number of carbonyl (C=O) groups excluding carboxylic acids is 2. The van der Waals surface area contributed by atoms with Crippen LogP contribution in [0.15, 0.2) is 97.3 Å². The van der Waals surface area contributed by atoms with Crippen molar-refractivity contribution < 1.29 is 14.3 Å². The Kier molecular flexibility index (Phi) is 6.85. The van der Waals surface area contributed by atoms with E-state index in [1.54, 1.807) is 55.7 Å². The van der Waals surface area contributed by atoms with Crippen molar-refractivity contribution in [2.24, 2.45) is 0 Å². The molecule has 0 spiro atoms. The molecule has 0 aliphatic heterocycles. The molecule has 10 heteroatoms. The number of esters is 1. The van der Waals surface area contributed by atoms with E-state index in [0.29, 0.717) is 50.9 Å². The lowest BCUT2D eigenvalue weighted by Crippen LogP contribution is -2.14. The molecule has 0 radical (unpaired) electrons. The van der Waals surface area contributed by atoms with Crippen LogP contribution in [-0.2, 0) is 4.74 Å². The summed E-state index contributed by atoms with van der Waals surface area (Å²) in [5, 5.41) is 2.83. The predicted molar refractivity (Wildman–Crippen MR) is 160 cm³/mol. The fourth-order valence-corrected chi connectivity index (χ4v) is 4.69. The molecule has 0 saturated heterocycles. The number of aryl methyl sites for hydroxylation is 1. The Bertz CT molecular complexity index is 1950. The predicted octanol–water partition coefficient (Wildman–Crippen LogP) is 5.47. The van der Waals surface area contributed by atoms with Crippen LogP contribution in [0.2, 0.25) is 0 Å². The molecule has 42 heavy (non-hydrogen) atoms. The number of ether oxygens (including phenoxy) is 1. The molecular formula is C32H25N7O3. The Morgan fingerprint density at radius 1 is 0.905 bits per heavy atom. The molecule has 2 aromatic carbocycles. The summed E-state index contributed by atoms with van der Waals surface area (Å²) in [4.78, 5) is 43.4. The second-order valence-electron chi connectivity index (χ2n) is 9.49. The number of fused-ring (bicyclic) bond motifs is 1. The average Bonchev–Trinajstić information content (AvgIpc) is 3.40. The van der Waals surface area contributed by atoms with Gasteiger partial charge in [0.1, 0.15) is 17.0 Å². The smallest absolute Gasteiger partial charge is 0.338 e. The number of anilines is 2. The monoisotopic (exact) mass is 555 g/mol. The number of carbonyl (C=O) groups is 2. The lowest BCUT2D eigenvalue weighted by molar-refractivity contribution is 0.0600. The van der Waals surface area contributed by atoms with Crippen LogP contribution in [0.25, 0.3) is 39.5 Å². The van der Waals surface area contributed by atoms with E-state index in [1.165, 1.54) is 7.11 Å². The normalized spacial score (nSPS) is 10.9. The number of rotatable bonds is 6. The molecule has 0 fully saturated rings. The summed E-state index contributed by atoms with van der Waals surface area (Å²) < 4.78 is 6.65. The third-order valence-electron chi connectivity index (χ3n) is 6.78. The van der Waals surface area contributed by atoms with Crippen LogP contribution in [0.4, 0.5) is 11.5 Å². The number of aromatic nitrogens is 5. The van der Waals surface area contributed by atoms with Gasteiger partial charge in [0.05, 0.1) is 35.8 Å². The minimum absolute atomic E-state index is 0.207. The second-order valence-corrected chi connectivity index (χ2v) is 9.49. The first-order valence-corrected chi connectivity index (χ1v) is 13.1. The Morgan fingerprint density at radius 3 is 2.45 bits per heavy atom. The summed E-state index contributed by atoms with van der Waals surface area (Å²) in [7, 11) is 1.33. The SMILES string of the molecule is COC(=O)c1ccc(NC(=O)c2ccc(-n3c(-c4cccnc4N)nc4ccc(-c5ccccc5)nc43)cn2)cc1C. The summed E-state index contributed by atoms with van der Waals surface area (Å²) >= 11 is 0. The van der Waals surface area contributed by atoms with Gasteiger partial charge in [0.15, 0.2) is 11.5 Å². The van der Waals surface area contributed by atoms with Crippen LogP contribution in [-0.4, -0.2) is 43.5 Å². The maximum absolute atomic E-state index is 13.0. The lowest BCUT2D eigenvalue weighted by atomic mass is 10.1. The van der Waals surface area contributed by atoms with Gasteiger partial charge in [-0.3, -0.25) is 9.36 Å². The highest BCUT2D eigenvalue weighted by Crippen LogP contribution is 2.31. The molecule has 6 aromatic rings. The molecule has 3 N–H and O–H groups in total. The topological polar surface area (TPSA) is 138 Å². The van der Waals surface area contributed by atoms with Gasteiger partial charge in [-0.15, -0.1) is 0 Å². The largest absolute Gasteiger partial charge is 0.465 e. The molecule has 0 aliphatic rings. The van der Waals surface area contributed by atoms with Crippen LogP contribution in [0.1, 0.15) is 26.4 Å². The van der Waals surface area contributed by atoms with Gasteiger partial charge < -0.3 is 15.8 Å². The first-order chi connectivity index (χ1) is 20.4. The third-order valence-corrected chi connectivity index (χ3v) is 6.78. The number of benzene rings is 2. The minimum Gasteiger partial charge on any atom is -0.465 e. The molecule has 4 heterocycles. The number of methoxy groups -OCH3 is 1. The van der Waals surface area contributed by atoms with Gasteiger partial charge in [-0.05, 0) is 67.1 Å². The van der Waals surface area contributed by atoms with Gasteiger partial charge in [-0.1, -0.05) is 30.3 Å². The van der Waals surface area contributed by atoms with Crippen LogP contribution < -0.4 is 11.1 Å². The van der Waals surface area contributed by atoms with E-state index in [-0.39, 0.29) is 5.69 Å². The summed E-state index contributed by atoms with van der Waals surface area (Å²) in [6.07, 6.45) is 3.21. The fourth-order valence-electron chi connectivity index (χ4n) is 4.69. The van der Waals surface area contributed by atoms with E-state index in [9.17, 15) is 9.59 Å². The second kappa shape index (κ2) is 10.9. The quantitative estimate of drug-likeness (QED) is 0.258. The highest BCUT2D eigenvalue weighted by molar-refractivity contribution is 6.03. The van der Waals surface area contributed by atoms with Gasteiger partial charge in [-0.25, -0.2) is 24.7 Å². The maximum atomic E-state index is 13.0. The Balaban J connectivity index is 1.38. The van der Waals surface area contributed by atoms with Crippen LogP contribution >= 0.6 is 0 Å². The van der Waals surface area contributed by atoms with Crippen molar-refractivity contribution in [2.45, 2.75) is 6.92 Å². The van der Waals surface area contributed by atoms with Crippen molar-refractivity contribution in [3.05, 3.63) is 114 Å². The van der Waals surface area contributed by atoms with Gasteiger partial charge in [-0.2, -0.15) is 0 Å². The van der Waals surface area contributed by atoms with E-state index in [2.05, 4.69) is 15.3 Å². The Labute approximate surface area is 240 Å². The summed E-state index contributed by atoms with van der Waals surface area (Å²) in [5.74, 6) is 0.0409. The van der Waals surface area contributed by atoms with Crippen molar-refractivity contribution in [2.75, 3.05) is 18.2 Å². The van der Waals surface area contributed by atoms with Crippen LogP contribution in [0.5, 0.6) is 0 Å². The van der Waals surface area contributed by atoms with Crippen molar-refractivity contribution in [1.82, 2.24) is 24.5 Å². The number of nitrogens with two attached hydrogens (primary N) is 1. The molecule has 0 bridgehead atoms. The fraction of sp³-hybridized carbons (Fsp3) is 0.0625. The molecular weight excluding hydrogens is 530 g/mol. The molecule has 1 amide bonds. The van der Waals surface area contributed by atoms with E-state index < -0.39 is 11.9 Å². The molecule has 0 aliphatic carbocycles. The standard InChI is InChI=1S/C32H25N7O3/c1-19-17-21(10-12-23(19)32(41)42-2)36-31(40)27-13-11-22(18-35-27)39-29(24-9-6-16-34-28(24)33)38-26-15-14-25(37-30(26)39)20-7-4-3-5-8-20/h3-18H,1-2H3,(H2,33,34)(H,36,40). The zero-order chi connectivity index (χ0) is 29.2. The summed E-state index contributed by atoms with van der Waals surface area (Å²) in [5.41, 5.74) is 12.4. The van der Waals surface area contributed by atoms with E-state index in [0.717, 1.165) is 11.3 Å². The number of imidazole rings is 1. The van der Waals surface area contributed by atoms with E-state index >= 15 is 0 Å². The van der Waals surface area contributed by atoms with Gasteiger partial charge >= 0.3 is 5.97 Å². The van der Waals surface area contributed by atoms with E-state index in [4.69, 9.17) is 20.4 Å². The number of hydrogen-bond acceptors (Lipinski definition) is 8. The maximum Gasteiger partial charge on any atom is 0.338 e. The third kappa shape index (κ3) is 4.92. The highest BCUT2D eigenvalue weighted by atomic mass is 16.5. The average molecular weight is 556 g/mol. The summed E-state index contributed by atoms with van der Waals surface area (Å²) in [6.45, 7) is 1.77. The zero-order valence-corrected chi connectivity index (χ0v) is 22.8. The first kappa shape index (κ1) is 26.3. The number of nitrogen functional groups attached to an aromatic ring is 1. The molecule has 0 unspecified atom stereocenters. The Morgan fingerprint density at radius 2 is 1.74 bits per heavy atom. The lowest BCUT2D eigenvalue weighted by Gasteiger charge is -2.11. The van der Waals surface area contributed by atoms with Gasteiger partial charge in [0, 0.05) is 17.4 Å². The van der Waals surface area contributed by atoms with Crippen molar-refractivity contribution in [1.29, 1.82) is 0 Å². The number of pyridine rings is 3. The zero-order valence-electron chi connectivity index (χ0n) is 22.8. The molecule has 0 saturated carbocycles. The molecule has 4 aromatic heterocycles. The van der Waals surface area contributed by atoms with Crippen molar-refractivity contribution in [3.63, 3.8) is 0 Å². The van der Waals surface area contributed by atoms with E-state index in [1.807, 2.05) is 53.1 Å². The molecule has 0 atom stereocenters. The number of hydrogen-bond donors (Lipinski definition) is 2. The number of amides is 1. The molecule has 206 valence electrons. The summed E-state index contributed by atoms with van der Waals surface area (Å²) in [6, 6.07) is 25.7. The number of nitrogens with zero attached hydrogens (tertiary/aromatic N) is 5. The van der Waals surface area contributed by atoms with Crippen LogP contribution in [0, 0.1) is 6.92 Å². The number of nitrogens with one attached hydrogen (secondary N) is 1. The van der Waals surface area contributed by atoms with Gasteiger partial charge in [0.25, 0.3) is 5.91 Å².